The molecule has 2 rings (SSSR count). The minimum absolute atomic E-state index is 0.445. The van der Waals surface area contributed by atoms with Gasteiger partial charge in [-0.3, -0.25) is 0 Å². The number of carbonyl (C=O) groups is 1. The van der Waals surface area contributed by atoms with E-state index in [9.17, 15) is 9.90 Å². The van der Waals surface area contributed by atoms with Crippen molar-refractivity contribution < 1.29 is 14.6 Å². The summed E-state index contributed by atoms with van der Waals surface area (Å²) in [7, 11) is 0. The van der Waals surface area contributed by atoms with Crippen molar-refractivity contribution in [2.45, 2.75) is 38.6 Å². The Hall–Kier alpha value is -1.85. The first-order valence-electron chi connectivity index (χ1n) is 6.67. The number of aliphatic carboxylic acids is 1. The van der Waals surface area contributed by atoms with Gasteiger partial charge in [0.15, 0.2) is 0 Å². The summed E-state index contributed by atoms with van der Waals surface area (Å²) in [5.41, 5.74) is 0. The van der Waals surface area contributed by atoms with Gasteiger partial charge in [0.1, 0.15) is 6.04 Å². The van der Waals surface area contributed by atoms with Crippen molar-refractivity contribution >= 4 is 11.9 Å². The van der Waals surface area contributed by atoms with Crippen LogP contribution in [-0.4, -0.2) is 40.2 Å². The second-order valence-corrected chi connectivity index (χ2v) is 4.59. The van der Waals surface area contributed by atoms with Gasteiger partial charge in [-0.15, -0.1) is 0 Å². The molecule has 0 bridgehead atoms. The molecule has 0 spiro atoms. The van der Waals surface area contributed by atoms with Gasteiger partial charge in [0.2, 0.25) is 11.8 Å². The summed E-state index contributed by atoms with van der Waals surface area (Å²) in [6.07, 6.45) is 5.05. The Morgan fingerprint density at radius 2 is 2.42 bits per heavy atom. The molecule has 1 aliphatic rings. The molecule has 1 aliphatic heterocycles. The first kappa shape index (κ1) is 13.6. The number of ether oxygens (including phenoxy) is 1. The van der Waals surface area contributed by atoms with E-state index in [1.54, 1.807) is 17.2 Å². The zero-order valence-corrected chi connectivity index (χ0v) is 11.1. The van der Waals surface area contributed by atoms with Gasteiger partial charge in [-0.1, -0.05) is 6.92 Å². The molecule has 0 aliphatic carbocycles. The van der Waals surface area contributed by atoms with Gasteiger partial charge in [0, 0.05) is 18.8 Å². The monoisotopic (exact) mass is 265 g/mol. The molecule has 6 heteroatoms. The fourth-order valence-electron chi connectivity index (χ4n) is 2.19. The smallest absolute Gasteiger partial charge is 0.326 e. The van der Waals surface area contributed by atoms with Gasteiger partial charge in [0.05, 0.1) is 6.61 Å². The van der Waals surface area contributed by atoms with E-state index in [0.29, 0.717) is 31.4 Å². The number of carboxylic acids is 1. The number of aromatic nitrogens is 2. The summed E-state index contributed by atoms with van der Waals surface area (Å²) < 4.78 is 5.46. The first-order chi connectivity index (χ1) is 9.22. The summed E-state index contributed by atoms with van der Waals surface area (Å²) in [6, 6.07) is 1.16. The van der Waals surface area contributed by atoms with Crippen LogP contribution in [0.5, 0.6) is 5.88 Å². The SMILES string of the molecule is CCCOc1ccnc(N2CCCCC2C(=O)O)n1. The second kappa shape index (κ2) is 6.36. The van der Waals surface area contributed by atoms with Crippen LogP contribution >= 0.6 is 0 Å². The number of hydrogen-bond acceptors (Lipinski definition) is 5. The summed E-state index contributed by atoms with van der Waals surface area (Å²) in [5.74, 6) is 0.130. The number of hydrogen-bond donors (Lipinski definition) is 1. The van der Waals surface area contributed by atoms with Crippen molar-refractivity contribution in [3.63, 3.8) is 0 Å². The Labute approximate surface area is 112 Å². The van der Waals surface area contributed by atoms with Crippen molar-refractivity contribution in [2.75, 3.05) is 18.1 Å². The van der Waals surface area contributed by atoms with Gasteiger partial charge in [-0.05, 0) is 25.7 Å². The molecule has 1 N–H and O–H groups in total. The summed E-state index contributed by atoms with van der Waals surface area (Å²) in [5, 5.41) is 9.25. The predicted molar refractivity (Wildman–Crippen MR) is 70.4 cm³/mol. The maximum Gasteiger partial charge on any atom is 0.326 e. The zero-order valence-electron chi connectivity index (χ0n) is 11.1. The Morgan fingerprint density at radius 3 is 3.16 bits per heavy atom. The van der Waals surface area contributed by atoms with E-state index in [0.717, 1.165) is 19.3 Å². The highest BCUT2D eigenvalue weighted by Gasteiger charge is 2.30. The van der Waals surface area contributed by atoms with Crippen molar-refractivity contribution in [1.29, 1.82) is 0 Å². The minimum atomic E-state index is -0.817. The molecule has 19 heavy (non-hydrogen) atoms. The quantitative estimate of drug-likeness (QED) is 0.873. The van der Waals surface area contributed by atoms with Crippen LogP contribution in [0.3, 0.4) is 0 Å². The van der Waals surface area contributed by atoms with Gasteiger partial charge < -0.3 is 14.7 Å². The van der Waals surface area contributed by atoms with E-state index in [-0.39, 0.29) is 0 Å². The molecular formula is C13H19N3O3. The molecule has 1 saturated heterocycles. The van der Waals surface area contributed by atoms with Crippen LogP contribution in [0.25, 0.3) is 0 Å². The molecule has 0 aromatic carbocycles. The molecule has 2 heterocycles. The third-order valence-electron chi connectivity index (χ3n) is 3.12. The lowest BCUT2D eigenvalue weighted by Crippen LogP contribution is -2.45. The second-order valence-electron chi connectivity index (χ2n) is 4.59. The highest BCUT2D eigenvalue weighted by molar-refractivity contribution is 5.77. The predicted octanol–water partition coefficient (Wildman–Crippen LogP) is 1.71. The summed E-state index contributed by atoms with van der Waals surface area (Å²) >= 11 is 0. The van der Waals surface area contributed by atoms with E-state index in [2.05, 4.69) is 9.97 Å². The Balaban J connectivity index is 2.16. The number of nitrogens with zero attached hydrogens (tertiary/aromatic N) is 3. The van der Waals surface area contributed by atoms with Crippen molar-refractivity contribution in [2.24, 2.45) is 0 Å². The topological polar surface area (TPSA) is 75.5 Å². The standard InChI is InChI=1S/C13H19N3O3/c1-2-9-19-11-6-7-14-13(15-11)16-8-4-3-5-10(16)12(17)18/h6-7,10H,2-5,8-9H2,1H3,(H,17,18). The average Bonchev–Trinajstić information content (AvgIpc) is 2.45. The molecule has 1 atom stereocenters. The summed E-state index contributed by atoms with van der Waals surface area (Å²) in [6.45, 7) is 3.29. The lowest BCUT2D eigenvalue weighted by atomic mass is 10.0. The molecular weight excluding hydrogens is 246 g/mol. The maximum atomic E-state index is 11.3. The molecule has 1 aromatic heterocycles. The maximum absolute atomic E-state index is 11.3. The van der Waals surface area contributed by atoms with Gasteiger partial charge in [-0.2, -0.15) is 4.98 Å². The van der Waals surface area contributed by atoms with Crippen LogP contribution in [0.4, 0.5) is 5.95 Å². The summed E-state index contributed by atoms with van der Waals surface area (Å²) in [4.78, 5) is 21.5. The van der Waals surface area contributed by atoms with E-state index < -0.39 is 12.0 Å². The number of rotatable bonds is 5. The molecule has 104 valence electrons. The number of piperidine rings is 1. The average molecular weight is 265 g/mol. The van der Waals surface area contributed by atoms with Gasteiger partial charge >= 0.3 is 5.97 Å². The fourth-order valence-corrected chi connectivity index (χ4v) is 2.19. The van der Waals surface area contributed by atoms with Crippen LogP contribution in [-0.2, 0) is 4.79 Å². The largest absolute Gasteiger partial charge is 0.480 e. The van der Waals surface area contributed by atoms with Crippen molar-refractivity contribution in [3.8, 4) is 5.88 Å². The third-order valence-corrected chi connectivity index (χ3v) is 3.12. The van der Waals surface area contributed by atoms with Crippen LogP contribution < -0.4 is 9.64 Å². The highest BCUT2D eigenvalue weighted by Crippen LogP contribution is 2.23. The fraction of sp³-hybridized carbons (Fsp3) is 0.615. The van der Waals surface area contributed by atoms with Crippen LogP contribution in [0.1, 0.15) is 32.6 Å². The minimum Gasteiger partial charge on any atom is -0.480 e. The number of anilines is 1. The van der Waals surface area contributed by atoms with E-state index in [1.807, 2.05) is 6.92 Å². The molecule has 1 aromatic rings. The number of carboxylic acid groups (broad SMARTS) is 1. The lowest BCUT2D eigenvalue weighted by molar-refractivity contribution is -0.139. The van der Waals surface area contributed by atoms with Gasteiger partial charge in [0.25, 0.3) is 0 Å². The van der Waals surface area contributed by atoms with E-state index >= 15 is 0 Å². The molecule has 0 radical (unpaired) electrons. The Morgan fingerprint density at radius 1 is 1.58 bits per heavy atom. The van der Waals surface area contributed by atoms with Gasteiger partial charge in [-0.25, -0.2) is 9.78 Å². The molecule has 0 amide bonds. The Bertz CT molecular complexity index is 439. The van der Waals surface area contributed by atoms with Crippen molar-refractivity contribution in [3.05, 3.63) is 12.3 Å². The third kappa shape index (κ3) is 3.33. The van der Waals surface area contributed by atoms with Crippen LogP contribution in [0, 0.1) is 0 Å². The Kier molecular flexibility index (Phi) is 4.54. The molecule has 0 saturated carbocycles. The normalized spacial score (nSPS) is 19.2. The zero-order chi connectivity index (χ0) is 13.7. The highest BCUT2D eigenvalue weighted by atomic mass is 16.5. The van der Waals surface area contributed by atoms with E-state index in [1.165, 1.54) is 0 Å². The lowest BCUT2D eigenvalue weighted by Gasteiger charge is -2.32. The molecule has 6 nitrogen and oxygen atoms in total. The van der Waals surface area contributed by atoms with Crippen LogP contribution in [0.15, 0.2) is 12.3 Å². The van der Waals surface area contributed by atoms with Crippen LogP contribution in [0.2, 0.25) is 0 Å². The van der Waals surface area contributed by atoms with E-state index in [4.69, 9.17) is 4.74 Å². The van der Waals surface area contributed by atoms with Crippen molar-refractivity contribution in [1.82, 2.24) is 9.97 Å². The molecule has 1 fully saturated rings. The molecule has 1 unspecified atom stereocenters. The first-order valence-corrected chi connectivity index (χ1v) is 6.67.